The van der Waals surface area contributed by atoms with Gasteiger partial charge in [0, 0.05) is 11.6 Å². The molecular weight excluding hydrogens is 238 g/mol. The minimum absolute atomic E-state index is 0.0306. The Morgan fingerprint density at radius 1 is 1.32 bits per heavy atom. The molecule has 0 saturated heterocycles. The van der Waals surface area contributed by atoms with E-state index < -0.39 is 6.10 Å². The number of hydrogen-bond acceptors (Lipinski definition) is 3. The molecule has 1 aromatic rings. The van der Waals surface area contributed by atoms with Crippen LogP contribution in [0.3, 0.4) is 0 Å². The molecule has 1 fully saturated rings. The molecule has 0 aromatic heterocycles. The van der Waals surface area contributed by atoms with Crippen LogP contribution < -0.4 is 10.1 Å². The summed E-state index contributed by atoms with van der Waals surface area (Å²) in [5.41, 5.74) is 2.19. The van der Waals surface area contributed by atoms with E-state index in [2.05, 4.69) is 24.4 Å². The minimum Gasteiger partial charge on any atom is -0.491 e. The second-order valence-electron chi connectivity index (χ2n) is 5.74. The Morgan fingerprint density at radius 2 is 2.11 bits per heavy atom. The number of rotatable bonds is 3. The van der Waals surface area contributed by atoms with Crippen LogP contribution in [0.2, 0.25) is 0 Å². The molecule has 3 rings (SSSR count). The van der Waals surface area contributed by atoms with Crippen LogP contribution in [-0.4, -0.2) is 23.8 Å². The predicted molar refractivity (Wildman–Crippen MR) is 75.5 cm³/mol. The lowest BCUT2D eigenvalue weighted by Gasteiger charge is -2.33. The average molecular weight is 261 g/mol. The summed E-state index contributed by atoms with van der Waals surface area (Å²) in [6, 6.07) is 6.75. The fourth-order valence-electron chi connectivity index (χ4n) is 3.19. The zero-order valence-corrected chi connectivity index (χ0v) is 11.6. The van der Waals surface area contributed by atoms with Gasteiger partial charge in [0.15, 0.2) is 0 Å². The number of nitrogens with one attached hydrogen (secondary N) is 1. The maximum atomic E-state index is 10.5. The molecule has 0 spiro atoms. The molecule has 3 nitrogen and oxygen atoms in total. The minimum atomic E-state index is -0.449. The normalized spacial score (nSPS) is 27.1. The van der Waals surface area contributed by atoms with Crippen LogP contribution in [0.25, 0.3) is 0 Å². The molecule has 0 radical (unpaired) electrons. The molecule has 2 atom stereocenters. The number of fused-ring (bicyclic) bond motifs is 1. The van der Waals surface area contributed by atoms with E-state index in [0.717, 1.165) is 17.7 Å². The largest absolute Gasteiger partial charge is 0.491 e. The summed E-state index contributed by atoms with van der Waals surface area (Å²) in [7, 11) is 0. The van der Waals surface area contributed by atoms with Crippen LogP contribution in [0.1, 0.15) is 49.8 Å². The second kappa shape index (κ2) is 5.51. The van der Waals surface area contributed by atoms with Gasteiger partial charge in [-0.05, 0) is 30.9 Å². The van der Waals surface area contributed by atoms with Crippen molar-refractivity contribution in [2.45, 2.75) is 57.2 Å². The highest BCUT2D eigenvalue weighted by atomic mass is 16.5. The molecule has 1 aliphatic heterocycles. The maximum Gasteiger partial charge on any atom is 0.125 e. The Morgan fingerprint density at radius 3 is 2.84 bits per heavy atom. The van der Waals surface area contributed by atoms with Crippen molar-refractivity contribution >= 4 is 0 Å². The molecule has 1 aromatic carbocycles. The molecule has 0 bridgehead atoms. The van der Waals surface area contributed by atoms with Crippen LogP contribution in [-0.2, 0) is 6.42 Å². The summed E-state index contributed by atoms with van der Waals surface area (Å²) in [6.45, 7) is 2.70. The van der Waals surface area contributed by atoms with Crippen molar-refractivity contribution in [2.24, 2.45) is 0 Å². The zero-order chi connectivity index (χ0) is 13.2. The van der Waals surface area contributed by atoms with Crippen molar-refractivity contribution in [3.63, 3.8) is 0 Å². The highest BCUT2D eigenvalue weighted by Gasteiger charge is 2.31. The van der Waals surface area contributed by atoms with E-state index in [0.29, 0.717) is 12.6 Å². The van der Waals surface area contributed by atoms with E-state index >= 15 is 0 Å². The number of hydrogen-bond donors (Lipinski definition) is 2. The Kier molecular flexibility index (Phi) is 3.76. The van der Waals surface area contributed by atoms with Gasteiger partial charge in [-0.25, -0.2) is 0 Å². The van der Waals surface area contributed by atoms with Gasteiger partial charge in [0.1, 0.15) is 18.5 Å². The number of aliphatic hydroxyl groups excluding tert-OH is 1. The number of benzene rings is 1. The molecule has 1 aliphatic carbocycles. The Labute approximate surface area is 115 Å². The molecule has 0 unspecified atom stereocenters. The lowest BCUT2D eigenvalue weighted by atomic mass is 9.96. The van der Waals surface area contributed by atoms with Crippen molar-refractivity contribution < 1.29 is 9.84 Å². The topological polar surface area (TPSA) is 41.5 Å². The summed E-state index contributed by atoms with van der Waals surface area (Å²) in [6.07, 6.45) is 5.61. The summed E-state index contributed by atoms with van der Waals surface area (Å²) in [5, 5.41) is 14.1. The number of aliphatic hydroxyl groups is 1. The number of aryl methyl sites for hydroxylation is 1. The Hall–Kier alpha value is -1.06. The van der Waals surface area contributed by atoms with Crippen molar-refractivity contribution in [1.29, 1.82) is 0 Å². The molecule has 104 valence electrons. The van der Waals surface area contributed by atoms with Gasteiger partial charge in [-0.2, -0.15) is 0 Å². The third-order valence-electron chi connectivity index (χ3n) is 4.41. The predicted octanol–water partition coefficient (Wildman–Crippen LogP) is 2.58. The average Bonchev–Trinajstić information content (AvgIpc) is 2.94. The molecule has 3 heteroatoms. The van der Waals surface area contributed by atoms with E-state index in [1.54, 1.807) is 0 Å². The van der Waals surface area contributed by atoms with Gasteiger partial charge >= 0.3 is 0 Å². The van der Waals surface area contributed by atoms with Gasteiger partial charge < -0.3 is 15.2 Å². The molecule has 19 heavy (non-hydrogen) atoms. The van der Waals surface area contributed by atoms with Crippen LogP contribution in [0.4, 0.5) is 0 Å². The van der Waals surface area contributed by atoms with Crippen molar-refractivity contribution in [2.75, 3.05) is 6.61 Å². The van der Waals surface area contributed by atoms with Crippen LogP contribution in [0.15, 0.2) is 18.2 Å². The monoisotopic (exact) mass is 261 g/mol. The summed E-state index contributed by atoms with van der Waals surface area (Å²) in [5.74, 6) is 0.858. The molecule has 2 N–H and O–H groups in total. The van der Waals surface area contributed by atoms with Gasteiger partial charge in [-0.3, -0.25) is 0 Å². The van der Waals surface area contributed by atoms with Crippen LogP contribution in [0, 0.1) is 0 Å². The van der Waals surface area contributed by atoms with Crippen molar-refractivity contribution in [3.05, 3.63) is 29.3 Å². The van der Waals surface area contributed by atoms with Gasteiger partial charge in [0.2, 0.25) is 0 Å². The maximum absolute atomic E-state index is 10.5. The van der Waals surface area contributed by atoms with Gasteiger partial charge in [0.05, 0.1) is 6.04 Å². The van der Waals surface area contributed by atoms with Crippen LogP contribution >= 0.6 is 0 Å². The first-order valence-electron chi connectivity index (χ1n) is 7.47. The molecule has 1 saturated carbocycles. The molecule has 1 heterocycles. The third kappa shape index (κ3) is 2.63. The second-order valence-corrected chi connectivity index (χ2v) is 5.74. The lowest BCUT2D eigenvalue weighted by Crippen LogP contribution is -2.46. The Bertz CT molecular complexity index is 440. The highest BCUT2D eigenvalue weighted by Crippen LogP contribution is 2.34. The zero-order valence-electron chi connectivity index (χ0n) is 11.6. The molecule has 2 aliphatic rings. The lowest BCUT2D eigenvalue weighted by molar-refractivity contribution is 0.0677. The van der Waals surface area contributed by atoms with Crippen molar-refractivity contribution in [3.8, 4) is 5.75 Å². The molecule has 0 amide bonds. The Balaban J connectivity index is 1.73. The quantitative estimate of drug-likeness (QED) is 0.878. The van der Waals surface area contributed by atoms with Gasteiger partial charge in [-0.1, -0.05) is 31.9 Å². The van der Waals surface area contributed by atoms with E-state index in [1.807, 2.05) is 6.07 Å². The van der Waals surface area contributed by atoms with E-state index in [4.69, 9.17) is 4.74 Å². The SMILES string of the molecule is CCc1ccc2c(c1)OC[C@@H](NC1CCCC1)[C@H]2O. The highest BCUT2D eigenvalue weighted by molar-refractivity contribution is 5.41. The first-order valence-corrected chi connectivity index (χ1v) is 7.47. The van der Waals surface area contributed by atoms with Gasteiger partial charge in [0.25, 0.3) is 0 Å². The first kappa shape index (κ1) is 12.9. The summed E-state index contributed by atoms with van der Waals surface area (Å²) < 4.78 is 5.84. The van der Waals surface area contributed by atoms with Crippen molar-refractivity contribution in [1.82, 2.24) is 5.32 Å². The van der Waals surface area contributed by atoms with Gasteiger partial charge in [-0.15, -0.1) is 0 Å². The summed E-state index contributed by atoms with van der Waals surface area (Å²) in [4.78, 5) is 0. The molecular formula is C16H23NO2. The standard InChI is InChI=1S/C16H23NO2/c1-2-11-7-8-13-15(9-11)19-10-14(16(13)18)17-12-5-3-4-6-12/h7-9,12,14,16-18H,2-6,10H2,1H3/t14-,16+/m1/s1. The van der Waals surface area contributed by atoms with E-state index in [-0.39, 0.29) is 6.04 Å². The van der Waals surface area contributed by atoms with Crippen LogP contribution in [0.5, 0.6) is 5.75 Å². The summed E-state index contributed by atoms with van der Waals surface area (Å²) >= 11 is 0. The first-order chi connectivity index (χ1) is 9.28. The van der Waals surface area contributed by atoms with E-state index in [9.17, 15) is 5.11 Å². The number of ether oxygens (including phenoxy) is 1. The van der Waals surface area contributed by atoms with E-state index in [1.165, 1.54) is 31.2 Å². The smallest absolute Gasteiger partial charge is 0.125 e. The fraction of sp³-hybridized carbons (Fsp3) is 0.625. The third-order valence-corrected chi connectivity index (χ3v) is 4.41. The fourth-order valence-corrected chi connectivity index (χ4v) is 3.19.